The fraction of sp³-hybridized carbons (Fsp3) is 0.269. The van der Waals surface area contributed by atoms with Crippen LogP contribution in [0.25, 0.3) is 0 Å². The minimum Gasteiger partial charge on any atom is -0.454 e. The summed E-state index contributed by atoms with van der Waals surface area (Å²) < 4.78 is 37.0. The Morgan fingerprint density at radius 1 is 0.853 bits per heavy atom. The quantitative estimate of drug-likeness (QED) is 0.435. The zero-order valence-electron chi connectivity index (χ0n) is 19.1. The normalized spacial score (nSPS) is 12.4. The van der Waals surface area contributed by atoms with Crippen molar-refractivity contribution in [3.05, 3.63) is 90.0 Å². The Kier molecular flexibility index (Phi) is 7.37. The predicted octanol–water partition coefficient (Wildman–Crippen LogP) is 4.19. The molecule has 0 radical (unpaired) electrons. The SMILES string of the molecule is CS(=O)(=O)N(CCCC(=O)N(Cc1ccccc1)Cc1ccccc1)c1ccc2c(c1)OCO2. The van der Waals surface area contributed by atoms with Crippen LogP contribution >= 0.6 is 0 Å². The van der Waals surface area contributed by atoms with Crippen LogP contribution in [0.1, 0.15) is 24.0 Å². The summed E-state index contributed by atoms with van der Waals surface area (Å²) in [6.45, 7) is 1.29. The molecule has 4 rings (SSSR count). The Bertz CT molecular complexity index is 1170. The van der Waals surface area contributed by atoms with Gasteiger partial charge in [-0.05, 0) is 29.7 Å². The van der Waals surface area contributed by atoms with Crippen LogP contribution in [0.3, 0.4) is 0 Å². The predicted molar refractivity (Wildman–Crippen MR) is 131 cm³/mol. The summed E-state index contributed by atoms with van der Waals surface area (Å²) in [4.78, 5) is 15.0. The van der Waals surface area contributed by atoms with E-state index in [4.69, 9.17) is 9.47 Å². The van der Waals surface area contributed by atoms with Crippen molar-refractivity contribution in [1.82, 2.24) is 4.90 Å². The Morgan fingerprint density at radius 2 is 1.44 bits per heavy atom. The number of anilines is 1. The van der Waals surface area contributed by atoms with Gasteiger partial charge in [-0.15, -0.1) is 0 Å². The number of carbonyl (C=O) groups is 1. The minimum absolute atomic E-state index is 0.0214. The second-order valence-corrected chi connectivity index (χ2v) is 10.1. The largest absolute Gasteiger partial charge is 0.454 e. The van der Waals surface area contributed by atoms with Crippen LogP contribution in [-0.2, 0) is 27.9 Å². The molecule has 1 aliphatic rings. The van der Waals surface area contributed by atoms with Gasteiger partial charge in [0.05, 0.1) is 11.9 Å². The van der Waals surface area contributed by atoms with Crippen molar-refractivity contribution in [1.29, 1.82) is 0 Å². The number of nitrogens with zero attached hydrogens (tertiary/aromatic N) is 2. The second-order valence-electron chi connectivity index (χ2n) is 8.20. The lowest BCUT2D eigenvalue weighted by Crippen LogP contribution is -2.33. The van der Waals surface area contributed by atoms with Crippen LogP contribution < -0.4 is 13.8 Å². The Morgan fingerprint density at radius 3 is 2.03 bits per heavy atom. The number of rotatable bonds is 10. The smallest absolute Gasteiger partial charge is 0.232 e. The van der Waals surface area contributed by atoms with Gasteiger partial charge in [-0.2, -0.15) is 0 Å². The highest BCUT2D eigenvalue weighted by atomic mass is 32.2. The number of amides is 1. The van der Waals surface area contributed by atoms with Crippen molar-refractivity contribution >= 4 is 21.6 Å². The Labute approximate surface area is 200 Å². The molecule has 0 atom stereocenters. The molecule has 0 aliphatic carbocycles. The number of carbonyl (C=O) groups excluding carboxylic acids is 1. The average molecular weight is 481 g/mol. The zero-order chi connectivity index (χ0) is 24.0. The third-order valence-corrected chi connectivity index (χ3v) is 6.78. The van der Waals surface area contributed by atoms with E-state index in [1.807, 2.05) is 65.6 Å². The van der Waals surface area contributed by atoms with E-state index in [1.54, 1.807) is 18.2 Å². The third kappa shape index (κ3) is 6.08. The Balaban J connectivity index is 1.44. The highest BCUT2D eigenvalue weighted by Crippen LogP contribution is 2.36. The van der Waals surface area contributed by atoms with Gasteiger partial charge in [0, 0.05) is 32.1 Å². The van der Waals surface area contributed by atoms with Crippen LogP contribution in [0.2, 0.25) is 0 Å². The number of hydrogen-bond acceptors (Lipinski definition) is 5. The van der Waals surface area contributed by atoms with Crippen LogP contribution in [0.5, 0.6) is 11.5 Å². The third-order valence-electron chi connectivity index (χ3n) is 5.58. The molecule has 0 spiro atoms. The first kappa shape index (κ1) is 23.6. The van der Waals surface area contributed by atoms with E-state index in [0.29, 0.717) is 36.7 Å². The van der Waals surface area contributed by atoms with Crippen molar-refractivity contribution in [2.45, 2.75) is 25.9 Å². The number of sulfonamides is 1. The summed E-state index contributed by atoms with van der Waals surface area (Å²) in [6.07, 6.45) is 1.78. The standard InChI is InChI=1S/C26H28N2O5S/c1-34(30,31)28(23-14-15-24-25(17-23)33-20-32-24)16-8-13-26(29)27(18-21-9-4-2-5-10-21)19-22-11-6-3-7-12-22/h2-7,9-12,14-15,17H,8,13,16,18-20H2,1H3. The van der Waals surface area contributed by atoms with Crippen LogP contribution in [0, 0.1) is 0 Å². The van der Waals surface area contributed by atoms with Crippen LogP contribution in [-0.4, -0.2) is 38.8 Å². The molecule has 8 heteroatoms. The molecule has 178 valence electrons. The van der Waals surface area contributed by atoms with E-state index in [9.17, 15) is 13.2 Å². The first-order valence-electron chi connectivity index (χ1n) is 11.1. The van der Waals surface area contributed by atoms with E-state index in [-0.39, 0.29) is 25.7 Å². The first-order chi connectivity index (χ1) is 16.4. The first-order valence-corrected chi connectivity index (χ1v) is 13.0. The summed E-state index contributed by atoms with van der Waals surface area (Å²) in [5.41, 5.74) is 2.58. The van der Waals surface area contributed by atoms with E-state index in [2.05, 4.69) is 0 Å². The van der Waals surface area contributed by atoms with Gasteiger partial charge in [-0.1, -0.05) is 60.7 Å². The second kappa shape index (κ2) is 10.6. The van der Waals surface area contributed by atoms with E-state index >= 15 is 0 Å². The van der Waals surface area contributed by atoms with E-state index < -0.39 is 10.0 Å². The molecule has 7 nitrogen and oxygen atoms in total. The number of ether oxygens (including phenoxy) is 2. The molecule has 0 saturated carbocycles. The van der Waals surface area contributed by atoms with E-state index in [0.717, 1.165) is 17.4 Å². The maximum Gasteiger partial charge on any atom is 0.232 e. The van der Waals surface area contributed by atoms with Gasteiger partial charge < -0.3 is 14.4 Å². The monoisotopic (exact) mass is 480 g/mol. The van der Waals surface area contributed by atoms with Crippen molar-refractivity contribution in [3.63, 3.8) is 0 Å². The lowest BCUT2D eigenvalue weighted by Gasteiger charge is -2.25. The Hall–Kier alpha value is -3.52. The van der Waals surface area contributed by atoms with Crippen LogP contribution in [0.4, 0.5) is 5.69 Å². The fourth-order valence-electron chi connectivity index (χ4n) is 3.90. The van der Waals surface area contributed by atoms with Gasteiger partial charge in [0.15, 0.2) is 11.5 Å². The molecule has 1 aliphatic heterocycles. The number of benzene rings is 3. The molecular weight excluding hydrogens is 452 g/mol. The highest BCUT2D eigenvalue weighted by molar-refractivity contribution is 7.92. The molecule has 0 bridgehead atoms. The lowest BCUT2D eigenvalue weighted by molar-refractivity contribution is -0.132. The van der Waals surface area contributed by atoms with Gasteiger partial charge in [-0.25, -0.2) is 8.42 Å². The summed E-state index contributed by atoms with van der Waals surface area (Å²) in [6, 6.07) is 24.7. The topological polar surface area (TPSA) is 76.2 Å². The van der Waals surface area contributed by atoms with Gasteiger partial charge in [-0.3, -0.25) is 9.10 Å². The van der Waals surface area contributed by atoms with E-state index in [1.165, 1.54) is 4.31 Å². The molecular formula is C26H28N2O5S. The number of hydrogen-bond donors (Lipinski definition) is 0. The molecule has 1 amide bonds. The molecule has 0 N–H and O–H groups in total. The molecule has 0 saturated heterocycles. The summed E-state index contributed by atoms with van der Waals surface area (Å²) >= 11 is 0. The summed E-state index contributed by atoms with van der Waals surface area (Å²) in [5.74, 6) is 1.08. The molecule has 0 aromatic heterocycles. The molecule has 3 aromatic rings. The van der Waals surface area contributed by atoms with Crippen molar-refractivity contribution in [2.75, 3.05) is 23.9 Å². The van der Waals surface area contributed by atoms with Crippen molar-refractivity contribution in [3.8, 4) is 11.5 Å². The maximum atomic E-state index is 13.2. The zero-order valence-corrected chi connectivity index (χ0v) is 19.9. The van der Waals surface area contributed by atoms with Gasteiger partial charge in [0.1, 0.15) is 0 Å². The summed E-state index contributed by atoms with van der Waals surface area (Å²) in [5, 5.41) is 0. The molecule has 0 unspecified atom stereocenters. The van der Waals surface area contributed by atoms with Crippen molar-refractivity contribution in [2.24, 2.45) is 0 Å². The van der Waals surface area contributed by atoms with Crippen LogP contribution in [0.15, 0.2) is 78.9 Å². The molecule has 1 heterocycles. The van der Waals surface area contributed by atoms with Gasteiger partial charge >= 0.3 is 0 Å². The minimum atomic E-state index is -3.54. The highest BCUT2D eigenvalue weighted by Gasteiger charge is 2.22. The summed E-state index contributed by atoms with van der Waals surface area (Å²) in [7, 11) is -3.54. The molecule has 3 aromatic carbocycles. The van der Waals surface area contributed by atoms with Gasteiger partial charge in [0.2, 0.25) is 22.7 Å². The fourth-order valence-corrected chi connectivity index (χ4v) is 4.86. The maximum absolute atomic E-state index is 13.2. The number of fused-ring (bicyclic) bond motifs is 1. The average Bonchev–Trinajstić information content (AvgIpc) is 3.30. The molecule has 34 heavy (non-hydrogen) atoms. The van der Waals surface area contributed by atoms with Crippen molar-refractivity contribution < 1.29 is 22.7 Å². The lowest BCUT2D eigenvalue weighted by atomic mass is 10.1. The molecule has 0 fully saturated rings. The van der Waals surface area contributed by atoms with Gasteiger partial charge in [0.25, 0.3) is 0 Å².